The van der Waals surface area contributed by atoms with Gasteiger partial charge in [-0.2, -0.15) is 0 Å². The first-order chi connectivity index (χ1) is 9.69. The second-order valence-corrected chi connectivity index (χ2v) is 5.79. The number of hydrogen-bond donors (Lipinski definition) is 1. The number of aromatic nitrogens is 3. The van der Waals surface area contributed by atoms with Gasteiger partial charge in [-0.1, -0.05) is 13.8 Å². The van der Waals surface area contributed by atoms with Crippen LogP contribution in [0.1, 0.15) is 55.3 Å². The van der Waals surface area contributed by atoms with Crippen LogP contribution in [0.4, 0.5) is 0 Å². The minimum absolute atomic E-state index is 0.0477. The quantitative estimate of drug-likeness (QED) is 0.934. The zero-order valence-corrected chi connectivity index (χ0v) is 12.1. The summed E-state index contributed by atoms with van der Waals surface area (Å²) in [7, 11) is 0. The Morgan fingerprint density at radius 2 is 2.05 bits per heavy atom. The van der Waals surface area contributed by atoms with Gasteiger partial charge in [-0.15, -0.1) is 0 Å². The van der Waals surface area contributed by atoms with Crippen LogP contribution in [0.2, 0.25) is 0 Å². The number of aliphatic hydroxyl groups is 1. The molecule has 1 aliphatic carbocycles. The zero-order valence-electron chi connectivity index (χ0n) is 12.1. The topological polar surface area (TPSA) is 50.9 Å². The van der Waals surface area contributed by atoms with Gasteiger partial charge in [-0.05, 0) is 49.3 Å². The SMILES string of the molecule is CC(C)c1cc(CO)cc(-n2cnc3c2CCCC3)n1. The summed E-state index contributed by atoms with van der Waals surface area (Å²) in [4.78, 5) is 9.27. The molecular weight excluding hydrogens is 250 g/mol. The summed E-state index contributed by atoms with van der Waals surface area (Å²) in [6, 6.07) is 3.94. The van der Waals surface area contributed by atoms with Gasteiger partial charge in [0.15, 0.2) is 0 Å². The van der Waals surface area contributed by atoms with Crippen molar-refractivity contribution in [3.05, 3.63) is 41.1 Å². The Hall–Kier alpha value is -1.68. The van der Waals surface area contributed by atoms with E-state index in [0.717, 1.165) is 29.9 Å². The molecule has 0 radical (unpaired) electrons. The van der Waals surface area contributed by atoms with E-state index in [1.807, 2.05) is 18.5 Å². The average molecular weight is 271 g/mol. The number of pyridine rings is 1. The number of rotatable bonds is 3. The average Bonchev–Trinajstić information content (AvgIpc) is 2.90. The van der Waals surface area contributed by atoms with Gasteiger partial charge >= 0.3 is 0 Å². The van der Waals surface area contributed by atoms with E-state index in [1.54, 1.807) is 0 Å². The van der Waals surface area contributed by atoms with Crippen LogP contribution in [0.25, 0.3) is 5.82 Å². The maximum atomic E-state index is 9.45. The predicted octanol–water partition coefficient (Wildman–Crippen LogP) is 2.76. The first kappa shape index (κ1) is 13.3. The summed E-state index contributed by atoms with van der Waals surface area (Å²) in [5.74, 6) is 1.23. The molecule has 0 bridgehead atoms. The highest BCUT2D eigenvalue weighted by Gasteiger charge is 2.17. The molecule has 2 aromatic heterocycles. The summed E-state index contributed by atoms with van der Waals surface area (Å²) in [6.07, 6.45) is 6.46. The Labute approximate surface area is 119 Å². The highest BCUT2D eigenvalue weighted by atomic mass is 16.3. The van der Waals surface area contributed by atoms with E-state index >= 15 is 0 Å². The minimum atomic E-state index is 0.0477. The second-order valence-electron chi connectivity index (χ2n) is 5.79. The second kappa shape index (κ2) is 5.37. The van der Waals surface area contributed by atoms with Crippen LogP contribution in [0.15, 0.2) is 18.5 Å². The Kier molecular flexibility index (Phi) is 3.57. The van der Waals surface area contributed by atoms with Crippen molar-refractivity contribution in [3.8, 4) is 5.82 Å². The fourth-order valence-electron chi connectivity index (χ4n) is 2.77. The Bertz CT molecular complexity index is 616. The number of aliphatic hydroxyl groups excluding tert-OH is 1. The summed E-state index contributed by atoms with van der Waals surface area (Å²) < 4.78 is 2.10. The maximum absolute atomic E-state index is 9.45. The molecule has 4 heteroatoms. The normalized spacial score (nSPS) is 14.6. The van der Waals surface area contributed by atoms with Crippen molar-refractivity contribution in [1.29, 1.82) is 0 Å². The van der Waals surface area contributed by atoms with Crippen LogP contribution in [0.5, 0.6) is 0 Å². The fraction of sp³-hybridized carbons (Fsp3) is 0.500. The first-order valence-corrected chi connectivity index (χ1v) is 7.36. The fourth-order valence-corrected chi connectivity index (χ4v) is 2.77. The monoisotopic (exact) mass is 271 g/mol. The van der Waals surface area contributed by atoms with E-state index in [4.69, 9.17) is 4.98 Å². The van der Waals surface area contributed by atoms with E-state index in [9.17, 15) is 5.11 Å². The summed E-state index contributed by atoms with van der Waals surface area (Å²) in [6.45, 7) is 4.29. The molecule has 0 amide bonds. The molecule has 3 rings (SSSR count). The molecule has 0 aromatic carbocycles. The first-order valence-electron chi connectivity index (χ1n) is 7.36. The van der Waals surface area contributed by atoms with Gasteiger partial charge in [0.2, 0.25) is 0 Å². The van der Waals surface area contributed by atoms with Gasteiger partial charge < -0.3 is 5.11 Å². The molecule has 1 aliphatic rings. The van der Waals surface area contributed by atoms with E-state index in [1.165, 1.54) is 24.2 Å². The van der Waals surface area contributed by atoms with Gasteiger partial charge in [0.25, 0.3) is 0 Å². The Morgan fingerprint density at radius 3 is 2.80 bits per heavy atom. The molecular formula is C16H21N3O. The van der Waals surface area contributed by atoms with Crippen molar-refractivity contribution in [1.82, 2.24) is 14.5 Å². The van der Waals surface area contributed by atoms with Crippen LogP contribution in [0.3, 0.4) is 0 Å². The molecule has 2 heterocycles. The van der Waals surface area contributed by atoms with Crippen molar-refractivity contribution >= 4 is 0 Å². The lowest BCUT2D eigenvalue weighted by Gasteiger charge is -2.15. The van der Waals surface area contributed by atoms with Crippen molar-refractivity contribution in [2.45, 2.75) is 52.1 Å². The van der Waals surface area contributed by atoms with Crippen LogP contribution in [0, 0.1) is 0 Å². The summed E-state index contributed by atoms with van der Waals surface area (Å²) in [5, 5.41) is 9.45. The van der Waals surface area contributed by atoms with E-state index in [-0.39, 0.29) is 6.61 Å². The van der Waals surface area contributed by atoms with Crippen molar-refractivity contribution < 1.29 is 5.11 Å². The molecule has 0 saturated carbocycles. The minimum Gasteiger partial charge on any atom is -0.392 e. The lowest BCUT2D eigenvalue weighted by atomic mass is 10.0. The molecule has 0 saturated heterocycles. The molecule has 1 N–H and O–H groups in total. The largest absolute Gasteiger partial charge is 0.392 e. The van der Waals surface area contributed by atoms with Gasteiger partial charge in [0.05, 0.1) is 12.3 Å². The highest BCUT2D eigenvalue weighted by Crippen LogP contribution is 2.24. The van der Waals surface area contributed by atoms with Crippen molar-refractivity contribution in [3.63, 3.8) is 0 Å². The van der Waals surface area contributed by atoms with Gasteiger partial charge in [0, 0.05) is 11.4 Å². The molecule has 2 aromatic rings. The van der Waals surface area contributed by atoms with E-state index in [0.29, 0.717) is 5.92 Å². The van der Waals surface area contributed by atoms with Crippen molar-refractivity contribution in [2.75, 3.05) is 0 Å². The van der Waals surface area contributed by atoms with Crippen LogP contribution in [-0.2, 0) is 19.4 Å². The van der Waals surface area contributed by atoms with Crippen LogP contribution >= 0.6 is 0 Å². The number of fused-ring (bicyclic) bond motifs is 1. The van der Waals surface area contributed by atoms with Crippen molar-refractivity contribution in [2.24, 2.45) is 0 Å². The van der Waals surface area contributed by atoms with Gasteiger partial charge in [-0.25, -0.2) is 9.97 Å². The molecule has 20 heavy (non-hydrogen) atoms. The maximum Gasteiger partial charge on any atom is 0.138 e. The van der Waals surface area contributed by atoms with E-state index in [2.05, 4.69) is 23.4 Å². The number of imidazole rings is 1. The third kappa shape index (κ3) is 2.36. The molecule has 0 atom stereocenters. The molecule has 4 nitrogen and oxygen atoms in total. The highest BCUT2D eigenvalue weighted by molar-refractivity contribution is 5.35. The number of hydrogen-bond acceptors (Lipinski definition) is 3. The van der Waals surface area contributed by atoms with Crippen LogP contribution in [-0.4, -0.2) is 19.6 Å². The number of nitrogens with zero attached hydrogens (tertiary/aromatic N) is 3. The Balaban J connectivity index is 2.09. The third-order valence-electron chi connectivity index (χ3n) is 3.94. The Morgan fingerprint density at radius 1 is 1.25 bits per heavy atom. The van der Waals surface area contributed by atoms with E-state index < -0.39 is 0 Å². The summed E-state index contributed by atoms with van der Waals surface area (Å²) in [5.41, 5.74) is 4.42. The number of aryl methyl sites for hydroxylation is 1. The van der Waals surface area contributed by atoms with Crippen LogP contribution < -0.4 is 0 Å². The molecule has 0 spiro atoms. The zero-order chi connectivity index (χ0) is 14.1. The molecule has 0 aliphatic heterocycles. The third-order valence-corrected chi connectivity index (χ3v) is 3.94. The molecule has 0 unspecified atom stereocenters. The standard InChI is InChI=1S/C16H21N3O/c1-11(2)14-7-12(9-20)8-16(18-14)19-10-17-13-5-3-4-6-15(13)19/h7-8,10-11,20H,3-6,9H2,1-2H3. The smallest absolute Gasteiger partial charge is 0.138 e. The van der Waals surface area contributed by atoms with Gasteiger partial charge in [-0.3, -0.25) is 4.57 Å². The molecule has 106 valence electrons. The molecule has 0 fully saturated rings. The lowest BCUT2D eigenvalue weighted by molar-refractivity contribution is 0.281. The lowest BCUT2D eigenvalue weighted by Crippen LogP contribution is -2.09. The van der Waals surface area contributed by atoms with Gasteiger partial charge in [0.1, 0.15) is 12.1 Å². The predicted molar refractivity (Wildman–Crippen MR) is 78.0 cm³/mol. The summed E-state index contributed by atoms with van der Waals surface area (Å²) >= 11 is 0.